The second kappa shape index (κ2) is 4.22. The summed E-state index contributed by atoms with van der Waals surface area (Å²) in [6, 6.07) is 3.68. The summed E-state index contributed by atoms with van der Waals surface area (Å²) in [4.78, 5) is 15.1. The average Bonchev–Trinajstić information content (AvgIpc) is 2.07. The molecule has 0 aromatic carbocycles. The van der Waals surface area contributed by atoms with E-state index in [-0.39, 0.29) is 5.92 Å². The third-order valence-corrected chi connectivity index (χ3v) is 2.19. The number of aromatic nitrogens is 1. The van der Waals surface area contributed by atoms with Gasteiger partial charge in [0.05, 0.1) is 5.69 Å². The quantitative estimate of drug-likeness (QED) is 0.800. The lowest BCUT2D eigenvalue weighted by molar-refractivity contribution is -0.140. The molecular formula is C11H15NO2. The number of hydrogen-bond acceptors (Lipinski definition) is 2. The molecule has 1 aromatic heterocycles. The van der Waals surface area contributed by atoms with Crippen molar-refractivity contribution in [2.45, 2.75) is 26.7 Å². The third kappa shape index (κ3) is 2.31. The minimum atomic E-state index is -0.809. The lowest BCUT2D eigenvalue weighted by atomic mass is 9.92. The Hall–Kier alpha value is -1.38. The lowest BCUT2D eigenvalue weighted by Crippen LogP contribution is -2.18. The zero-order chi connectivity index (χ0) is 10.7. The van der Waals surface area contributed by atoms with Gasteiger partial charge in [-0.2, -0.15) is 0 Å². The van der Waals surface area contributed by atoms with Crippen LogP contribution in [0.1, 0.15) is 31.0 Å². The van der Waals surface area contributed by atoms with Gasteiger partial charge in [0.1, 0.15) is 5.92 Å². The monoisotopic (exact) mass is 193 g/mol. The molecule has 3 nitrogen and oxygen atoms in total. The standard InChI is InChI=1S/C11H15NO2/c1-7(2)10(11(13)14)9-5-4-8(3)6-12-9/h4-7,10H,1-3H3,(H,13,14). The van der Waals surface area contributed by atoms with Gasteiger partial charge in [-0.05, 0) is 24.5 Å². The van der Waals surface area contributed by atoms with Gasteiger partial charge in [-0.1, -0.05) is 19.9 Å². The number of aliphatic carboxylic acids is 1. The van der Waals surface area contributed by atoms with E-state index in [1.54, 1.807) is 12.3 Å². The van der Waals surface area contributed by atoms with Gasteiger partial charge in [-0.3, -0.25) is 9.78 Å². The third-order valence-electron chi connectivity index (χ3n) is 2.19. The van der Waals surface area contributed by atoms with E-state index in [1.165, 1.54) is 0 Å². The van der Waals surface area contributed by atoms with Crippen molar-refractivity contribution < 1.29 is 9.90 Å². The van der Waals surface area contributed by atoms with Crippen molar-refractivity contribution in [3.05, 3.63) is 29.6 Å². The van der Waals surface area contributed by atoms with Gasteiger partial charge in [-0.15, -0.1) is 0 Å². The second-order valence-corrected chi connectivity index (χ2v) is 3.82. The lowest BCUT2D eigenvalue weighted by Gasteiger charge is -2.15. The largest absolute Gasteiger partial charge is 0.481 e. The zero-order valence-corrected chi connectivity index (χ0v) is 8.69. The molecule has 1 atom stereocenters. The van der Waals surface area contributed by atoms with Crippen molar-refractivity contribution in [3.8, 4) is 0 Å². The fourth-order valence-electron chi connectivity index (χ4n) is 1.42. The summed E-state index contributed by atoms with van der Waals surface area (Å²) >= 11 is 0. The molecule has 14 heavy (non-hydrogen) atoms. The summed E-state index contributed by atoms with van der Waals surface area (Å²) < 4.78 is 0. The van der Waals surface area contributed by atoms with Crippen molar-refractivity contribution >= 4 is 5.97 Å². The van der Waals surface area contributed by atoms with Crippen molar-refractivity contribution in [2.75, 3.05) is 0 Å². The Bertz CT molecular complexity index is 317. The molecule has 1 unspecified atom stereocenters. The first-order valence-corrected chi connectivity index (χ1v) is 4.67. The maximum atomic E-state index is 11.0. The highest BCUT2D eigenvalue weighted by Crippen LogP contribution is 2.22. The molecule has 0 bridgehead atoms. The van der Waals surface area contributed by atoms with Crippen LogP contribution in [0.4, 0.5) is 0 Å². The van der Waals surface area contributed by atoms with Crippen LogP contribution in [-0.4, -0.2) is 16.1 Å². The molecule has 0 aliphatic carbocycles. The van der Waals surface area contributed by atoms with Gasteiger partial charge >= 0.3 is 5.97 Å². The smallest absolute Gasteiger partial charge is 0.312 e. The SMILES string of the molecule is Cc1ccc(C(C(=O)O)C(C)C)nc1. The first-order valence-electron chi connectivity index (χ1n) is 4.67. The van der Waals surface area contributed by atoms with Crippen LogP contribution in [0.2, 0.25) is 0 Å². The number of aryl methyl sites for hydroxylation is 1. The van der Waals surface area contributed by atoms with E-state index < -0.39 is 11.9 Å². The van der Waals surface area contributed by atoms with Crippen LogP contribution < -0.4 is 0 Å². The van der Waals surface area contributed by atoms with E-state index >= 15 is 0 Å². The minimum Gasteiger partial charge on any atom is -0.481 e. The van der Waals surface area contributed by atoms with Gasteiger partial charge in [0, 0.05) is 6.20 Å². The summed E-state index contributed by atoms with van der Waals surface area (Å²) in [6.07, 6.45) is 1.70. The van der Waals surface area contributed by atoms with Crippen molar-refractivity contribution in [1.29, 1.82) is 0 Å². The summed E-state index contributed by atoms with van der Waals surface area (Å²) in [5.74, 6) is -1.25. The number of carboxylic acid groups (broad SMARTS) is 1. The van der Waals surface area contributed by atoms with Crippen LogP contribution in [0.15, 0.2) is 18.3 Å². The van der Waals surface area contributed by atoms with Crippen molar-refractivity contribution in [3.63, 3.8) is 0 Å². The van der Waals surface area contributed by atoms with E-state index in [1.807, 2.05) is 26.8 Å². The highest BCUT2D eigenvalue weighted by atomic mass is 16.4. The molecule has 0 spiro atoms. The van der Waals surface area contributed by atoms with Gasteiger partial charge in [-0.25, -0.2) is 0 Å². The first kappa shape index (κ1) is 10.7. The molecule has 0 fully saturated rings. The van der Waals surface area contributed by atoms with Gasteiger partial charge < -0.3 is 5.11 Å². The Kier molecular flexibility index (Phi) is 3.23. The molecule has 0 saturated carbocycles. The highest BCUT2D eigenvalue weighted by molar-refractivity contribution is 5.75. The molecule has 0 amide bonds. The molecule has 1 rings (SSSR count). The van der Waals surface area contributed by atoms with Crippen LogP contribution >= 0.6 is 0 Å². The van der Waals surface area contributed by atoms with E-state index in [0.717, 1.165) is 5.56 Å². The molecule has 76 valence electrons. The normalized spacial score (nSPS) is 12.9. The maximum Gasteiger partial charge on any atom is 0.312 e. The predicted octanol–water partition coefficient (Wildman–Crippen LogP) is 2.21. The summed E-state index contributed by atoms with van der Waals surface area (Å²) in [6.45, 7) is 5.71. The van der Waals surface area contributed by atoms with Crippen LogP contribution in [0.5, 0.6) is 0 Å². The highest BCUT2D eigenvalue weighted by Gasteiger charge is 2.24. The summed E-state index contributed by atoms with van der Waals surface area (Å²) in [5, 5.41) is 9.03. The Morgan fingerprint density at radius 2 is 2.07 bits per heavy atom. The number of nitrogens with zero attached hydrogens (tertiary/aromatic N) is 1. The van der Waals surface area contributed by atoms with Gasteiger partial charge in [0.2, 0.25) is 0 Å². The van der Waals surface area contributed by atoms with E-state index in [2.05, 4.69) is 4.98 Å². The number of carboxylic acids is 1. The summed E-state index contributed by atoms with van der Waals surface area (Å²) in [7, 11) is 0. The number of carbonyl (C=O) groups is 1. The number of hydrogen-bond donors (Lipinski definition) is 1. The maximum absolute atomic E-state index is 11.0. The van der Waals surface area contributed by atoms with Crippen LogP contribution in [0, 0.1) is 12.8 Å². The average molecular weight is 193 g/mol. The Labute approximate surface area is 83.8 Å². The molecule has 1 N–H and O–H groups in total. The molecule has 0 radical (unpaired) electrons. The predicted molar refractivity (Wildman–Crippen MR) is 54.2 cm³/mol. The number of rotatable bonds is 3. The van der Waals surface area contributed by atoms with E-state index in [0.29, 0.717) is 5.69 Å². The molecule has 0 aliphatic heterocycles. The Balaban J connectivity index is 3.00. The van der Waals surface area contributed by atoms with Gasteiger partial charge in [0.25, 0.3) is 0 Å². The molecule has 0 aliphatic rings. The van der Waals surface area contributed by atoms with Crippen molar-refractivity contribution in [2.24, 2.45) is 5.92 Å². The fraction of sp³-hybridized carbons (Fsp3) is 0.455. The topological polar surface area (TPSA) is 50.2 Å². The van der Waals surface area contributed by atoms with Gasteiger partial charge in [0.15, 0.2) is 0 Å². The van der Waals surface area contributed by atoms with E-state index in [9.17, 15) is 4.79 Å². The minimum absolute atomic E-state index is 0.0581. The van der Waals surface area contributed by atoms with Crippen molar-refractivity contribution in [1.82, 2.24) is 4.98 Å². The number of pyridine rings is 1. The van der Waals surface area contributed by atoms with Crippen LogP contribution in [0.25, 0.3) is 0 Å². The molecule has 1 heterocycles. The summed E-state index contributed by atoms with van der Waals surface area (Å²) in [5.41, 5.74) is 1.68. The molecule has 3 heteroatoms. The molecule has 0 saturated heterocycles. The first-order chi connectivity index (χ1) is 6.52. The Morgan fingerprint density at radius 1 is 1.43 bits per heavy atom. The Morgan fingerprint density at radius 3 is 2.43 bits per heavy atom. The molecule has 1 aromatic rings. The second-order valence-electron chi connectivity index (χ2n) is 3.82. The zero-order valence-electron chi connectivity index (χ0n) is 8.69. The van der Waals surface area contributed by atoms with E-state index in [4.69, 9.17) is 5.11 Å². The fourth-order valence-corrected chi connectivity index (χ4v) is 1.42. The molecular weight excluding hydrogens is 178 g/mol. The van der Waals surface area contributed by atoms with Crippen LogP contribution in [0.3, 0.4) is 0 Å². The van der Waals surface area contributed by atoms with Crippen LogP contribution in [-0.2, 0) is 4.79 Å².